The number of nitrogens with zero attached hydrogens (tertiary/aromatic N) is 1. The molecule has 2 amide bonds. The van der Waals surface area contributed by atoms with Crippen molar-refractivity contribution in [3.63, 3.8) is 0 Å². The van der Waals surface area contributed by atoms with Crippen LogP contribution < -0.4 is 11.1 Å². The van der Waals surface area contributed by atoms with Crippen LogP contribution in [0.25, 0.3) is 0 Å². The normalized spacial score (nSPS) is 28.2. The fourth-order valence-electron chi connectivity index (χ4n) is 3.10. The average molecular weight is 283 g/mol. The third kappa shape index (κ3) is 2.96. The van der Waals surface area contributed by atoms with E-state index in [0.29, 0.717) is 19.1 Å². The molecule has 20 heavy (non-hydrogen) atoms. The number of hydrogen-bond acceptors (Lipinski definition) is 4. The topological polar surface area (TPSA) is 84.7 Å². The molecule has 0 aromatic carbocycles. The summed E-state index contributed by atoms with van der Waals surface area (Å²) in [5, 5.41) is 3.35. The zero-order valence-corrected chi connectivity index (χ0v) is 12.4. The molecule has 6 nitrogen and oxygen atoms in total. The number of amides is 2. The van der Waals surface area contributed by atoms with Crippen molar-refractivity contribution in [1.29, 1.82) is 0 Å². The summed E-state index contributed by atoms with van der Waals surface area (Å²) in [6, 6.07) is -0.632. The Morgan fingerprint density at radius 2 is 2.15 bits per heavy atom. The maximum atomic E-state index is 12.9. The molecule has 2 unspecified atom stereocenters. The number of nitrogens with two attached hydrogens (primary N) is 1. The lowest BCUT2D eigenvalue weighted by Gasteiger charge is -2.42. The molecule has 114 valence electrons. The van der Waals surface area contributed by atoms with Crippen LogP contribution in [-0.4, -0.2) is 55.6 Å². The van der Waals surface area contributed by atoms with E-state index in [1.807, 2.05) is 13.8 Å². The monoisotopic (exact) mass is 283 g/mol. The van der Waals surface area contributed by atoms with E-state index in [-0.39, 0.29) is 12.5 Å². The van der Waals surface area contributed by atoms with Crippen molar-refractivity contribution in [1.82, 2.24) is 10.2 Å². The van der Waals surface area contributed by atoms with Crippen LogP contribution in [0.2, 0.25) is 0 Å². The van der Waals surface area contributed by atoms with Crippen molar-refractivity contribution < 1.29 is 14.3 Å². The van der Waals surface area contributed by atoms with Gasteiger partial charge in [0.05, 0.1) is 13.2 Å². The lowest BCUT2D eigenvalue weighted by Crippen LogP contribution is -2.59. The van der Waals surface area contributed by atoms with Crippen LogP contribution in [0, 0.1) is 11.3 Å². The summed E-state index contributed by atoms with van der Waals surface area (Å²) < 4.78 is 5.27. The Morgan fingerprint density at radius 1 is 1.40 bits per heavy atom. The van der Waals surface area contributed by atoms with Gasteiger partial charge in [-0.25, -0.2) is 0 Å². The van der Waals surface area contributed by atoms with Gasteiger partial charge in [0.15, 0.2) is 0 Å². The number of carbonyl (C=O) groups excluding carboxylic acids is 2. The first-order valence-corrected chi connectivity index (χ1v) is 7.33. The van der Waals surface area contributed by atoms with E-state index in [9.17, 15) is 9.59 Å². The first kappa shape index (κ1) is 15.3. The van der Waals surface area contributed by atoms with E-state index in [1.54, 1.807) is 4.90 Å². The molecule has 2 rings (SSSR count). The Bertz CT molecular complexity index is 378. The van der Waals surface area contributed by atoms with Crippen molar-refractivity contribution >= 4 is 11.8 Å². The van der Waals surface area contributed by atoms with Gasteiger partial charge in [-0.3, -0.25) is 9.59 Å². The maximum Gasteiger partial charge on any atom is 0.242 e. The van der Waals surface area contributed by atoms with Gasteiger partial charge >= 0.3 is 0 Å². The van der Waals surface area contributed by atoms with Crippen LogP contribution in [0.1, 0.15) is 26.7 Å². The summed E-state index contributed by atoms with van der Waals surface area (Å²) in [5.74, 6) is -0.186. The predicted octanol–water partition coefficient (Wildman–Crippen LogP) is -0.275. The maximum absolute atomic E-state index is 12.9. The van der Waals surface area contributed by atoms with Gasteiger partial charge in [0.25, 0.3) is 0 Å². The molecule has 6 heteroatoms. The van der Waals surface area contributed by atoms with Gasteiger partial charge in [0.1, 0.15) is 6.04 Å². The number of nitrogens with one attached hydrogen (secondary N) is 1. The summed E-state index contributed by atoms with van der Waals surface area (Å²) in [5.41, 5.74) is 4.90. The lowest BCUT2D eigenvalue weighted by atomic mass is 9.73. The second kappa shape index (κ2) is 6.10. The molecular weight excluding hydrogens is 258 g/mol. The largest absolute Gasteiger partial charge is 0.377 e. The molecule has 2 heterocycles. The standard InChI is InChI=1S/C14H25N3O3/c1-14(2,10-4-3-5-16-8-10)13(19)17-6-7-20-9-11(17)12(15)18/h10-11,16H,3-9H2,1-2H3,(H2,15,18). The SMILES string of the molecule is CC(C)(C(=O)N1CCOCC1C(N)=O)C1CCCNC1. The summed E-state index contributed by atoms with van der Waals surface area (Å²) in [6.45, 7) is 6.93. The Morgan fingerprint density at radius 3 is 2.75 bits per heavy atom. The fourth-order valence-corrected chi connectivity index (χ4v) is 3.10. The van der Waals surface area contributed by atoms with Crippen molar-refractivity contribution in [3.8, 4) is 0 Å². The molecule has 0 bridgehead atoms. The molecule has 3 N–H and O–H groups in total. The second-order valence-corrected chi connectivity index (χ2v) is 6.26. The lowest BCUT2D eigenvalue weighted by molar-refractivity contribution is -0.157. The molecule has 0 aromatic heterocycles. The van der Waals surface area contributed by atoms with Crippen molar-refractivity contribution in [3.05, 3.63) is 0 Å². The predicted molar refractivity (Wildman–Crippen MR) is 74.9 cm³/mol. The summed E-state index contributed by atoms with van der Waals surface area (Å²) in [4.78, 5) is 26.0. The number of ether oxygens (including phenoxy) is 1. The smallest absolute Gasteiger partial charge is 0.242 e. The fraction of sp³-hybridized carbons (Fsp3) is 0.857. The Labute approximate surface area is 120 Å². The van der Waals surface area contributed by atoms with E-state index < -0.39 is 17.4 Å². The van der Waals surface area contributed by atoms with Crippen LogP contribution in [0.5, 0.6) is 0 Å². The molecule has 0 saturated carbocycles. The Hall–Kier alpha value is -1.14. The van der Waals surface area contributed by atoms with Crippen molar-refractivity contribution in [2.75, 3.05) is 32.8 Å². The molecule has 2 fully saturated rings. The van der Waals surface area contributed by atoms with Gasteiger partial charge < -0.3 is 20.7 Å². The number of rotatable bonds is 3. The highest BCUT2D eigenvalue weighted by molar-refractivity contribution is 5.89. The summed E-state index contributed by atoms with van der Waals surface area (Å²) in [7, 11) is 0. The minimum atomic E-state index is -0.632. The molecule has 2 aliphatic rings. The van der Waals surface area contributed by atoms with Gasteiger partial charge in [-0.2, -0.15) is 0 Å². The molecule has 0 spiro atoms. The van der Waals surface area contributed by atoms with E-state index in [0.717, 1.165) is 25.9 Å². The molecular formula is C14H25N3O3. The van der Waals surface area contributed by atoms with Crippen LogP contribution in [-0.2, 0) is 14.3 Å². The zero-order valence-electron chi connectivity index (χ0n) is 12.4. The molecule has 2 atom stereocenters. The van der Waals surface area contributed by atoms with Crippen molar-refractivity contribution in [2.45, 2.75) is 32.7 Å². The highest BCUT2D eigenvalue weighted by Gasteiger charge is 2.43. The second-order valence-electron chi connectivity index (χ2n) is 6.26. The number of morpholine rings is 1. The first-order chi connectivity index (χ1) is 9.44. The van der Waals surface area contributed by atoms with Gasteiger partial charge in [-0.05, 0) is 31.8 Å². The minimum Gasteiger partial charge on any atom is -0.377 e. The zero-order chi connectivity index (χ0) is 14.8. The van der Waals surface area contributed by atoms with E-state index in [1.165, 1.54) is 0 Å². The highest BCUT2D eigenvalue weighted by atomic mass is 16.5. The van der Waals surface area contributed by atoms with Crippen LogP contribution in [0.15, 0.2) is 0 Å². The van der Waals surface area contributed by atoms with Crippen LogP contribution in [0.4, 0.5) is 0 Å². The Kier molecular flexibility index (Phi) is 4.65. The molecule has 0 radical (unpaired) electrons. The average Bonchev–Trinajstić information content (AvgIpc) is 2.47. The number of piperidine rings is 1. The number of carbonyl (C=O) groups is 2. The summed E-state index contributed by atoms with van der Waals surface area (Å²) in [6.07, 6.45) is 2.13. The third-order valence-corrected chi connectivity index (χ3v) is 4.59. The first-order valence-electron chi connectivity index (χ1n) is 7.33. The molecule has 2 saturated heterocycles. The molecule has 0 aromatic rings. The van der Waals surface area contributed by atoms with Gasteiger partial charge in [0.2, 0.25) is 11.8 Å². The Balaban J connectivity index is 2.12. The van der Waals surface area contributed by atoms with Gasteiger partial charge in [-0.15, -0.1) is 0 Å². The van der Waals surface area contributed by atoms with E-state index in [2.05, 4.69) is 5.32 Å². The van der Waals surface area contributed by atoms with E-state index >= 15 is 0 Å². The number of hydrogen-bond donors (Lipinski definition) is 2. The van der Waals surface area contributed by atoms with Crippen LogP contribution in [0.3, 0.4) is 0 Å². The highest BCUT2D eigenvalue weighted by Crippen LogP contribution is 2.34. The molecule has 0 aliphatic carbocycles. The van der Waals surface area contributed by atoms with Crippen molar-refractivity contribution in [2.24, 2.45) is 17.1 Å². The van der Waals surface area contributed by atoms with Gasteiger partial charge in [0, 0.05) is 12.0 Å². The minimum absolute atomic E-state index is 0.0123. The third-order valence-electron chi connectivity index (χ3n) is 4.59. The van der Waals surface area contributed by atoms with Crippen LogP contribution >= 0.6 is 0 Å². The quantitative estimate of drug-likeness (QED) is 0.746. The summed E-state index contributed by atoms with van der Waals surface area (Å²) >= 11 is 0. The van der Waals surface area contributed by atoms with Gasteiger partial charge in [-0.1, -0.05) is 13.8 Å². The molecule has 2 aliphatic heterocycles. The van der Waals surface area contributed by atoms with E-state index in [4.69, 9.17) is 10.5 Å². The number of primary amides is 1.